The number of hydrogen-bond acceptors (Lipinski definition) is 3. The van der Waals surface area contributed by atoms with Crippen molar-refractivity contribution in [1.29, 1.82) is 0 Å². The quantitative estimate of drug-likeness (QED) is 0.790. The number of amides is 1. The minimum absolute atomic E-state index is 0.0185. The molecule has 0 saturated heterocycles. The van der Waals surface area contributed by atoms with E-state index in [0.717, 1.165) is 0 Å². The second-order valence-corrected chi connectivity index (χ2v) is 4.01. The van der Waals surface area contributed by atoms with Crippen molar-refractivity contribution in [2.24, 2.45) is 0 Å². The maximum Gasteiger partial charge on any atom is 0.387 e. The Labute approximate surface area is 112 Å². The van der Waals surface area contributed by atoms with Gasteiger partial charge in [-0.05, 0) is 25.5 Å². The van der Waals surface area contributed by atoms with Crippen molar-refractivity contribution in [2.75, 3.05) is 6.54 Å². The zero-order valence-corrected chi connectivity index (χ0v) is 10.5. The number of rotatable bonds is 6. The van der Waals surface area contributed by atoms with Gasteiger partial charge in [0.25, 0.3) is 5.91 Å². The Hall–Kier alpha value is -1.83. The molecule has 112 valence electrons. The number of ether oxygens (including phenoxy) is 1. The molecule has 0 radical (unpaired) electrons. The van der Waals surface area contributed by atoms with E-state index in [2.05, 4.69) is 10.1 Å². The van der Waals surface area contributed by atoms with Gasteiger partial charge in [-0.1, -0.05) is 0 Å². The first-order valence-corrected chi connectivity index (χ1v) is 5.72. The molecule has 1 unspecified atom stereocenters. The van der Waals surface area contributed by atoms with Gasteiger partial charge < -0.3 is 15.2 Å². The number of carbonyl (C=O) groups is 1. The Morgan fingerprint density at radius 3 is 2.60 bits per heavy atom. The fraction of sp³-hybridized carbons (Fsp3) is 0.417. The lowest BCUT2D eigenvalue weighted by Gasteiger charge is -2.11. The van der Waals surface area contributed by atoms with Gasteiger partial charge in [-0.25, -0.2) is 8.78 Å². The summed E-state index contributed by atoms with van der Waals surface area (Å²) in [4.78, 5) is 11.6. The molecule has 0 aliphatic heterocycles. The number of benzene rings is 1. The van der Waals surface area contributed by atoms with Crippen LogP contribution in [0, 0.1) is 11.6 Å². The highest BCUT2D eigenvalue weighted by Crippen LogP contribution is 2.24. The molecule has 1 rings (SSSR count). The van der Waals surface area contributed by atoms with Crippen LogP contribution in [0.2, 0.25) is 0 Å². The van der Waals surface area contributed by atoms with E-state index in [1.54, 1.807) is 0 Å². The topological polar surface area (TPSA) is 58.6 Å². The van der Waals surface area contributed by atoms with Crippen molar-refractivity contribution >= 4 is 5.91 Å². The number of aliphatic hydroxyl groups is 1. The Balaban J connectivity index is 2.89. The lowest BCUT2D eigenvalue weighted by atomic mass is 10.1. The van der Waals surface area contributed by atoms with E-state index in [1.807, 2.05) is 0 Å². The predicted octanol–water partition coefficient (Wildman–Crippen LogP) is 2.07. The number of alkyl halides is 2. The standard InChI is InChI=1S/C12H13F4NO3/c1-6(18)4-5-17-11(19)9-7(13)2-3-8(10(9)14)20-12(15)16/h2-3,6,12,18H,4-5H2,1H3,(H,17,19). The molecule has 0 fully saturated rings. The highest BCUT2D eigenvalue weighted by molar-refractivity contribution is 5.95. The highest BCUT2D eigenvalue weighted by atomic mass is 19.3. The monoisotopic (exact) mass is 295 g/mol. The second-order valence-electron chi connectivity index (χ2n) is 4.01. The smallest absolute Gasteiger partial charge is 0.387 e. The van der Waals surface area contributed by atoms with Crippen LogP contribution in [-0.4, -0.2) is 30.3 Å². The number of hydrogen-bond donors (Lipinski definition) is 2. The minimum Gasteiger partial charge on any atom is -0.432 e. The van der Waals surface area contributed by atoms with Crippen LogP contribution >= 0.6 is 0 Å². The van der Waals surface area contributed by atoms with Crippen molar-refractivity contribution in [3.63, 3.8) is 0 Å². The summed E-state index contributed by atoms with van der Waals surface area (Å²) < 4.78 is 55.0. The SMILES string of the molecule is CC(O)CCNC(=O)c1c(F)ccc(OC(F)F)c1F. The van der Waals surface area contributed by atoms with Gasteiger partial charge in [-0.15, -0.1) is 0 Å². The largest absolute Gasteiger partial charge is 0.432 e. The summed E-state index contributed by atoms with van der Waals surface area (Å²) in [5.41, 5.74) is -1.01. The van der Waals surface area contributed by atoms with Crippen LogP contribution in [0.15, 0.2) is 12.1 Å². The number of aliphatic hydroxyl groups excluding tert-OH is 1. The van der Waals surface area contributed by atoms with Crippen molar-refractivity contribution in [1.82, 2.24) is 5.32 Å². The van der Waals surface area contributed by atoms with Crippen molar-refractivity contribution < 1.29 is 32.2 Å². The third-order valence-electron chi connectivity index (χ3n) is 2.35. The van der Waals surface area contributed by atoms with Gasteiger partial charge in [0.15, 0.2) is 11.6 Å². The van der Waals surface area contributed by atoms with E-state index in [9.17, 15) is 22.4 Å². The first-order valence-electron chi connectivity index (χ1n) is 5.72. The zero-order valence-electron chi connectivity index (χ0n) is 10.5. The van der Waals surface area contributed by atoms with Crippen LogP contribution in [0.3, 0.4) is 0 Å². The van der Waals surface area contributed by atoms with Crippen LogP contribution in [0.25, 0.3) is 0 Å². The lowest BCUT2D eigenvalue weighted by Crippen LogP contribution is -2.28. The first kappa shape index (κ1) is 16.2. The normalized spacial score (nSPS) is 12.3. The summed E-state index contributed by atoms with van der Waals surface area (Å²) in [5.74, 6) is -4.72. The fourth-order valence-electron chi connectivity index (χ4n) is 1.41. The van der Waals surface area contributed by atoms with Crippen LogP contribution in [0.1, 0.15) is 23.7 Å². The summed E-state index contributed by atoms with van der Waals surface area (Å²) in [7, 11) is 0. The number of nitrogens with one attached hydrogen (secondary N) is 1. The van der Waals surface area contributed by atoms with E-state index < -0.39 is 41.6 Å². The van der Waals surface area contributed by atoms with E-state index in [1.165, 1.54) is 6.92 Å². The van der Waals surface area contributed by atoms with Gasteiger partial charge >= 0.3 is 6.61 Å². The van der Waals surface area contributed by atoms with Gasteiger partial charge in [-0.2, -0.15) is 8.78 Å². The number of halogens is 4. The molecule has 0 saturated carbocycles. The summed E-state index contributed by atoms with van der Waals surface area (Å²) >= 11 is 0. The molecule has 1 aromatic carbocycles. The van der Waals surface area contributed by atoms with Gasteiger partial charge in [0.2, 0.25) is 0 Å². The maximum absolute atomic E-state index is 13.7. The molecule has 0 aliphatic rings. The summed E-state index contributed by atoms with van der Waals surface area (Å²) in [6.45, 7) is -1.83. The third-order valence-corrected chi connectivity index (χ3v) is 2.35. The Bertz CT molecular complexity index is 480. The average Bonchev–Trinajstić information content (AvgIpc) is 2.32. The van der Waals surface area contributed by atoms with E-state index in [-0.39, 0.29) is 13.0 Å². The molecule has 1 aromatic rings. The molecule has 4 nitrogen and oxygen atoms in total. The summed E-state index contributed by atoms with van der Waals surface area (Å²) in [6, 6.07) is 1.33. The van der Waals surface area contributed by atoms with Gasteiger partial charge in [-0.3, -0.25) is 4.79 Å². The third kappa shape index (κ3) is 4.37. The average molecular weight is 295 g/mol. The Kier molecular flexibility index (Phi) is 5.75. The molecule has 0 spiro atoms. The van der Waals surface area contributed by atoms with Crippen LogP contribution in [0.4, 0.5) is 17.6 Å². The molecule has 0 aliphatic carbocycles. The Morgan fingerprint density at radius 1 is 1.40 bits per heavy atom. The van der Waals surface area contributed by atoms with Crippen molar-refractivity contribution in [2.45, 2.75) is 26.1 Å². The molecular weight excluding hydrogens is 282 g/mol. The predicted molar refractivity (Wildman–Crippen MR) is 61.6 cm³/mol. The molecule has 20 heavy (non-hydrogen) atoms. The first-order chi connectivity index (χ1) is 9.32. The highest BCUT2D eigenvalue weighted by Gasteiger charge is 2.22. The molecule has 0 heterocycles. The van der Waals surface area contributed by atoms with Gasteiger partial charge in [0.1, 0.15) is 11.4 Å². The van der Waals surface area contributed by atoms with Crippen LogP contribution < -0.4 is 10.1 Å². The molecule has 0 bridgehead atoms. The lowest BCUT2D eigenvalue weighted by molar-refractivity contribution is -0.0523. The van der Waals surface area contributed by atoms with Gasteiger partial charge in [0, 0.05) is 6.54 Å². The van der Waals surface area contributed by atoms with E-state index in [0.29, 0.717) is 12.1 Å². The fourth-order valence-corrected chi connectivity index (χ4v) is 1.41. The molecule has 1 amide bonds. The van der Waals surface area contributed by atoms with Crippen LogP contribution in [-0.2, 0) is 0 Å². The van der Waals surface area contributed by atoms with Crippen molar-refractivity contribution in [3.05, 3.63) is 29.3 Å². The summed E-state index contributed by atoms with van der Waals surface area (Å²) in [6.07, 6.45) is -0.513. The number of carbonyl (C=O) groups excluding carboxylic acids is 1. The Morgan fingerprint density at radius 2 is 2.05 bits per heavy atom. The van der Waals surface area contributed by atoms with Gasteiger partial charge in [0.05, 0.1) is 6.10 Å². The van der Waals surface area contributed by atoms with Crippen molar-refractivity contribution in [3.8, 4) is 5.75 Å². The molecule has 0 aromatic heterocycles. The molecule has 1 atom stereocenters. The molecule has 8 heteroatoms. The van der Waals surface area contributed by atoms with E-state index in [4.69, 9.17) is 5.11 Å². The molecular formula is C12H13F4NO3. The maximum atomic E-state index is 13.7. The summed E-state index contributed by atoms with van der Waals surface area (Å²) in [5, 5.41) is 11.2. The second kappa shape index (κ2) is 7.09. The van der Waals surface area contributed by atoms with Crippen LogP contribution in [0.5, 0.6) is 5.75 Å². The zero-order chi connectivity index (χ0) is 15.3. The molecule has 2 N–H and O–H groups in total. The minimum atomic E-state index is -3.29. The van der Waals surface area contributed by atoms with E-state index >= 15 is 0 Å².